The van der Waals surface area contributed by atoms with Crippen LogP contribution in [0.2, 0.25) is 0 Å². The molecule has 0 spiro atoms. The molecule has 0 aromatic carbocycles. The van der Waals surface area contributed by atoms with Gasteiger partial charge in [-0.05, 0) is 38.0 Å². The van der Waals surface area contributed by atoms with Crippen molar-refractivity contribution in [2.45, 2.75) is 58.4 Å². The number of carbonyl (C=O) groups is 2. The molecular formula is C15H25NO3. The molecule has 2 saturated carbocycles. The third-order valence-electron chi connectivity index (χ3n) is 4.66. The summed E-state index contributed by atoms with van der Waals surface area (Å²) in [5.41, 5.74) is 0. The molecule has 4 unspecified atom stereocenters. The average Bonchev–Trinajstić information content (AvgIpc) is 3.04. The number of nitrogens with one attached hydrogen (secondary N) is 1. The lowest BCUT2D eigenvalue weighted by Gasteiger charge is -2.19. The van der Waals surface area contributed by atoms with Gasteiger partial charge in [-0.25, -0.2) is 0 Å². The minimum absolute atomic E-state index is 0.0449. The first kappa shape index (κ1) is 14.4. The molecule has 2 N–H and O–H groups in total. The first-order valence-corrected chi connectivity index (χ1v) is 7.54. The highest BCUT2D eigenvalue weighted by molar-refractivity contribution is 5.85. The largest absolute Gasteiger partial charge is 0.481 e. The van der Waals surface area contributed by atoms with Gasteiger partial charge in [0.25, 0.3) is 0 Å². The Bertz CT molecular complexity index is 351. The highest BCUT2D eigenvalue weighted by Crippen LogP contribution is 2.39. The molecule has 19 heavy (non-hydrogen) atoms. The van der Waals surface area contributed by atoms with Gasteiger partial charge in [-0.3, -0.25) is 9.59 Å². The predicted octanol–water partition coefficient (Wildman–Crippen LogP) is 2.43. The molecule has 108 valence electrons. The van der Waals surface area contributed by atoms with Crippen LogP contribution in [0.25, 0.3) is 0 Å². The first-order valence-electron chi connectivity index (χ1n) is 7.54. The molecule has 1 amide bonds. The average molecular weight is 267 g/mol. The summed E-state index contributed by atoms with van der Waals surface area (Å²) in [5.74, 6) is -0.516. The molecule has 4 nitrogen and oxygen atoms in total. The van der Waals surface area contributed by atoms with E-state index in [1.165, 1.54) is 12.8 Å². The standard InChI is InChI=1S/C15H25NO3/c1-3-10-7-12(13(8-10)15(18)19)14(17)16-9(2)6-11-4-5-11/h9-13H,3-8H2,1-2H3,(H,16,17)(H,18,19). The maximum absolute atomic E-state index is 12.3. The van der Waals surface area contributed by atoms with E-state index in [9.17, 15) is 14.7 Å². The number of carboxylic acids is 1. The summed E-state index contributed by atoms with van der Waals surface area (Å²) < 4.78 is 0. The Labute approximate surface area is 115 Å². The molecular weight excluding hydrogens is 242 g/mol. The minimum Gasteiger partial charge on any atom is -0.481 e. The summed E-state index contributed by atoms with van der Waals surface area (Å²) in [5, 5.41) is 12.3. The van der Waals surface area contributed by atoms with Crippen LogP contribution < -0.4 is 5.32 Å². The van der Waals surface area contributed by atoms with E-state index in [4.69, 9.17) is 0 Å². The second kappa shape index (κ2) is 5.93. The molecule has 0 saturated heterocycles. The van der Waals surface area contributed by atoms with Gasteiger partial charge in [0.05, 0.1) is 11.8 Å². The van der Waals surface area contributed by atoms with E-state index in [1.54, 1.807) is 0 Å². The lowest BCUT2D eigenvalue weighted by Crippen LogP contribution is -2.40. The van der Waals surface area contributed by atoms with Crippen molar-refractivity contribution in [1.82, 2.24) is 5.32 Å². The molecule has 2 rings (SSSR count). The molecule has 0 heterocycles. The first-order chi connectivity index (χ1) is 9.01. The van der Waals surface area contributed by atoms with E-state index in [2.05, 4.69) is 12.2 Å². The summed E-state index contributed by atoms with van der Waals surface area (Å²) in [6.07, 6.45) is 5.94. The van der Waals surface area contributed by atoms with Gasteiger partial charge in [0.2, 0.25) is 5.91 Å². The monoisotopic (exact) mass is 267 g/mol. The van der Waals surface area contributed by atoms with Crippen LogP contribution >= 0.6 is 0 Å². The van der Waals surface area contributed by atoms with E-state index in [0.717, 1.165) is 25.2 Å². The minimum atomic E-state index is -0.814. The molecule has 2 aliphatic carbocycles. The summed E-state index contributed by atoms with van der Waals surface area (Å²) in [4.78, 5) is 23.5. The molecule has 2 fully saturated rings. The lowest BCUT2D eigenvalue weighted by molar-refractivity contribution is -0.146. The van der Waals surface area contributed by atoms with Crippen molar-refractivity contribution in [3.63, 3.8) is 0 Å². The van der Waals surface area contributed by atoms with Crippen molar-refractivity contribution >= 4 is 11.9 Å². The summed E-state index contributed by atoms with van der Waals surface area (Å²) >= 11 is 0. The lowest BCUT2D eigenvalue weighted by atomic mass is 9.95. The number of hydrogen-bond acceptors (Lipinski definition) is 2. The molecule has 0 aromatic heterocycles. The number of carboxylic acid groups (broad SMARTS) is 1. The number of rotatable bonds is 6. The quantitative estimate of drug-likeness (QED) is 0.776. The third kappa shape index (κ3) is 3.71. The maximum atomic E-state index is 12.3. The Hall–Kier alpha value is -1.06. The van der Waals surface area contributed by atoms with Crippen molar-refractivity contribution in [2.75, 3.05) is 0 Å². The summed E-state index contributed by atoms with van der Waals surface area (Å²) in [6.45, 7) is 4.10. The highest BCUT2D eigenvalue weighted by Gasteiger charge is 2.42. The van der Waals surface area contributed by atoms with Crippen molar-refractivity contribution in [3.8, 4) is 0 Å². The van der Waals surface area contributed by atoms with E-state index >= 15 is 0 Å². The summed E-state index contributed by atoms with van der Waals surface area (Å²) in [7, 11) is 0. The fourth-order valence-corrected chi connectivity index (χ4v) is 3.30. The molecule has 4 heteroatoms. The Morgan fingerprint density at radius 3 is 2.37 bits per heavy atom. The number of aliphatic carboxylic acids is 1. The number of carbonyl (C=O) groups excluding carboxylic acids is 1. The fraction of sp³-hybridized carbons (Fsp3) is 0.867. The van der Waals surface area contributed by atoms with Crippen LogP contribution in [-0.2, 0) is 9.59 Å². The Morgan fingerprint density at radius 2 is 1.84 bits per heavy atom. The van der Waals surface area contributed by atoms with Crippen molar-refractivity contribution < 1.29 is 14.7 Å². The van der Waals surface area contributed by atoms with Crippen molar-refractivity contribution in [1.29, 1.82) is 0 Å². The van der Waals surface area contributed by atoms with Crippen LogP contribution in [0, 0.1) is 23.7 Å². The van der Waals surface area contributed by atoms with Crippen molar-refractivity contribution in [3.05, 3.63) is 0 Å². The zero-order valence-corrected chi connectivity index (χ0v) is 11.9. The van der Waals surface area contributed by atoms with Gasteiger partial charge in [0.1, 0.15) is 0 Å². The SMILES string of the molecule is CCC1CC(C(=O)O)C(C(=O)NC(C)CC2CC2)C1. The molecule has 4 atom stereocenters. The van der Waals surface area contributed by atoms with E-state index in [1.807, 2.05) is 6.92 Å². The maximum Gasteiger partial charge on any atom is 0.307 e. The number of amides is 1. The normalized spacial score (nSPS) is 32.0. The van der Waals surface area contributed by atoms with Gasteiger partial charge in [-0.15, -0.1) is 0 Å². The van der Waals surface area contributed by atoms with Crippen LogP contribution in [0.5, 0.6) is 0 Å². The van der Waals surface area contributed by atoms with Crippen LogP contribution in [0.4, 0.5) is 0 Å². The van der Waals surface area contributed by atoms with Crippen LogP contribution in [0.15, 0.2) is 0 Å². The zero-order valence-electron chi connectivity index (χ0n) is 11.9. The molecule has 2 aliphatic rings. The van der Waals surface area contributed by atoms with Gasteiger partial charge < -0.3 is 10.4 Å². The summed E-state index contributed by atoms with van der Waals surface area (Å²) in [6, 6.07) is 0.176. The molecule has 0 radical (unpaired) electrons. The topological polar surface area (TPSA) is 66.4 Å². The van der Waals surface area contributed by atoms with Gasteiger partial charge in [0, 0.05) is 6.04 Å². The van der Waals surface area contributed by atoms with Gasteiger partial charge in [-0.2, -0.15) is 0 Å². The fourth-order valence-electron chi connectivity index (χ4n) is 3.30. The van der Waals surface area contributed by atoms with E-state index < -0.39 is 11.9 Å². The second-order valence-electron chi connectivity index (χ2n) is 6.39. The Balaban J connectivity index is 1.89. The van der Waals surface area contributed by atoms with Gasteiger partial charge in [-0.1, -0.05) is 26.2 Å². The van der Waals surface area contributed by atoms with Crippen molar-refractivity contribution in [2.24, 2.45) is 23.7 Å². The van der Waals surface area contributed by atoms with E-state index in [0.29, 0.717) is 12.3 Å². The molecule has 0 bridgehead atoms. The Morgan fingerprint density at radius 1 is 1.21 bits per heavy atom. The smallest absolute Gasteiger partial charge is 0.307 e. The van der Waals surface area contributed by atoms with Crippen LogP contribution in [-0.4, -0.2) is 23.0 Å². The number of hydrogen-bond donors (Lipinski definition) is 2. The van der Waals surface area contributed by atoms with Gasteiger partial charge in [0.15, 0.2) is 0 Å². The molecule has 0 aliphatic heterocycles. The highest BCUT2D eigenvalue weighted by atomic mass is 16.4. The molecule has 0 aromatic rings. The zero-order chi connectivity index (χ0) is 14.0. The van der Waals surface area contributed by atoms with Crippen LogP contribution in [0.1, 0.15) is 52.4 Å². The van der Waals surface area contributed by atoms with Crippen LogP contribution in [0.3, 0.4) is 0 Å². The Kier molecular flexibility index (Phi) is 4.48. The third-order valence-corrected chi connectivity index (χ3v) is 4.66. The predicted molar refractivity (Wildman–Crippen MR) is 72.6 cm³/mol. The van der Waals surface area contributed by atoms with Gasteiger partial charge >= 0.3 is 5.97 Å². The van der Waals surface area contributed by atoms with E-state index in [-0.39, 0.29) is 17.9 Å². The second-order valence-corrected chi connectivity index (χ2v) is 6.39.